The Morgan fingerprint density at radius 2 is 0.273 bits per heavy atom. The lowest BCUT2D eigenvalue weighted by Gasteiger charge is -2.30. The summed E-state index contributed by atoms with van der Waals surface area (Å²) in [6.07, 6.45) is 0. The first kappa shape index (κ1) is 71.7. The van der Waals surface area contributed by atoms with E-state index in [2.05, 4.69) is 467 Å². The van der Waals surface area contributed by atoms with Gasteiger partial charge in [0, 0.05) is 16.7 Å². The Morgan fingerprint density at radius 3 is 0.537 bits per heavy atom. The van der Waals surface area contributed by atoms with E-state index in [1.165, 1.54) is 106 Å². The lowest BCUT2D eigenvalue weighted by molar-refractivity contribution is 0.794. The fraction of sp³-hybridized carbons (Fsp3) is 0.00847. The largest absolute Gasteiger partial charge is 0.208 e. The Balaban J connectivity index is 0.548. The lowest BCUT2D eigenvalue weighted by atomic mass is 9.70. The second kappa shape index (κ2) is 30.7. The smallest absolute Gasteiger partial charge is 0.164 e. The number of hydrogen-bond acceptors (Lipinski definition) is 3. The third-order valence-electron chi connectivity index (χ3n) is 24.5. The maximum absolute atomic E-state index is 5.35. The van der Waals surface area contributed by atoms with Gasteiger partial charge in [-0.3, -0.25) is 0 Å². The van der Waals surface area contributed by atoms with Crippen LogP contribution in [0.1, 0.15) is 22.3 Å². The van der Waals surface area contributed by atoms with Gasteiger partial charge in [-0.1, -0.05) is 394 Å². The fourth-order valence-electron chi connectivity index (χ4n) is 18.5. The first-order valence-corrected chi connectivity index (χ1v) is 41.6. The fourth-order valence-corrected chi connectivity index (χ4v) is 18.5. The molecular weight excluding hydrogens is 1460 g/mol. The van der Waals surface area contributed by atoms with Gasteiger partial charge in [0.25, 0.3) is 0 Å². The standard InChI is InChI=1S/C118H77N3/c1-3-24-78(25-4-1)84-28-13-32-88(66-84)90-34-15-30-86(68-90)80-56-60-82(61-57-80)115-119-116(83-62-58-81(59-63-83)87-31-16-35-91(69-87)93-37-17-36-92(70-93)89-33-14-29-85(67-89)79-26-5-2-6-27-79)121-117(120-115)106-49-23-48-104(76-106)102-46-21-44-100(74-102)98-42-19-40-96(72-98)94-38-18-39-95(71-94)97-41-20-43-99(73-97)101-45-22-47-103(75-101)105-64-65-110-109-52-9-12-55-113(109)118(114(110)77-105)111-53-10-7-50-107(111)108-51-8-11-54-112(108)118/h1-77H. The molecule has 3 nitrogen and oxygen atoms in total. The predicted molar refractivity (Wildman–Crippen MR) is 503 cm³/mol. The minimum absolute atomic E-state index is 0.399. The van der Waals surface area contributed by atoms with Crippen molar-refractivity contribution in [3.8, 4) is 201 Å². The lowest BCUT2D eigenvalue weighted by Crippen LogP contribution is -2.25. The summed E-state index contributed by atoms with van der Waals surface area (Å²) >= 11 is 0. The minimum atomic E-state index is -0.399. The molecule has 0 N–H and O–H groups in total. The van der Waals surface area contributed by atoms with Gasteiger partial charge in [-0.15, -0.1) is 0 Å². The van der Waals surface area contributed by atoms with Crippen LogP contribution in [0.15, 0.2) is 467 Å². The molecule has 2 aliphatic rings. The van der Waals surface area contributed by atoms with Crippen LogP contribution in [0.2, 0.25) is 0 Å². The van der Waals surface area contributed by atoms with Gasteiger partial charge in [0.15, 0.2) is 17.5 Å². The van der Waals surface area contributed by atoms with Crippen LogP contribution in [-0.4, -0.2) is 15.0 Å². The molecule has 1 heterocycles. The number of nitrogens with zero attached hydrogens (tertiary/aromatic N) is 3. The van der Waals surface area contributed by atoms with Crippen LogP contribution in [0.3, 0.4) is 0 Å². The van der Waals surface area contributed by atoms with Crippen LogP contribution in [0.4, 0.5) is 0 Å². The van der Waals surface area contributed by atoms with Crippen LogP contribution in [0.5, 0.6) is 0 Å². The summed E-state index contributed by atoms with van der Waals surface area (Å²) in [5.41, 5.74) is 42.9. The van der Waals surface area contributed by atoms with Gasteiger partial charge in [0.2, 0.25) is 0 Å². The van der Waals surface area contributed by atoms with Crippen LogP contribution >= 0.6 is 0 Å². The molecule has 20 aromatic rings. The van der Waals surface area contributed by atoms with Crippen molar-refractivity contribution in [3.05, 3.63) is 489 Å². The van der Waals surface area contributed by atoms with Crippen molar-refractivity contribution in [3.63, 3.8) is 0 Å². The van der Waals surface area contributed by atoms with Gasteiger partial charge in [-0.05, 0) is 262 Å². The van der Waals surface area contributed by atoms with E-state index in [9.17, 15) is 0 Å². The Kier molecular flexibility index (Phi) is 18.2. The van der Waals surface area contributed by atoms with Crippen molar-refractivity contribution in [1.29, 1.82) is 0 Å². The molecule has 2 aliphatic carbocycles. The first-order valence-electron chi connectivity index (χ1n) is 41.6. The number of aromatic nitrogens is 3. The Labute approximate surface area is 706 Å². The van der Waals surface area contributed by atoms with Crippen molar-refractivity contribution in [2.75, 3.05) is 0 Å². The summed E-state index contributed by atoms with van der Waals surface area (Å²) in [6.45, 7) is 0. The topological polar surface area (TPSA) is 38.7 Å². The van der Waals surface area contributed by atoms with Crippen molar-refractivity contribution in [2.45, 2.75) is 5.41 Å². The zero-order valence-electron chi connectivity index (χ0n) is 66.3. The van der Waals surface area contributed by atoms with E-state index in [0.717, 1.165) is 100 Å². The SMILES string of the molecule is c1ccc(-c2cccc(-c3cccc(-c4ccc(-c5nc(-c6ccc(-c7cccc(-c8cccc(-c9cccc(-c%10ccccc%10)c9)c8)c7)cc6)nc(-c6cccc(-c7cccc(-c8cccc(-c9cccc(-c%10cccc(-c%11cccc(-c%12ccc%13c(c%12)C%12(c%14ccccc%14-c%14ccccc%14%12)c%12ccccc%12-%13)c%11)c%10)c9)c8)c7)c6)n5)cc4)c3)c2)cc1. The molecule has 0 amide bonds. The molecular formula is C118H77N3. The molecule has 1 spiro atoms. The van der Waals surface area contributed by atoms with E-state index >= 15 is 0 Å². The average Bonchev–Trinajstić information content (AvgIpc) is 1.51. The predicted octanol–water partition coefficient (Wildman–Crippen LogP) is 30.9. The molecule has 19 aromatic carbocycles. The summed E-state index contributed by atoms with van der Waals surface area (Å²) < 4.78 is 0. The first-order chi connectivity index (χ1) is 59.9. The highest BCUT2D eigenvalue weighted by atomic mass is 15.0. The average molecular weight is 1540 g/mol. The van der Waals surface area contributed by atoms with Crippen molar-refractivity contribution >= 4 is 0 Å². The summed E-state index contributed by atoms with van der Waals surface area (Å²) in [6, 6.07) is 170. The molecule has 3 heteroatoms. The molecule has 0 radical (unpaired) electrons. The van der Waals surface area contributed by atoms with E-state index in [1.54, 1.807) is 0 Å². The van der Waals surface area contributed by atoms with Gasteiger partial charge in [0.05, 0.1) is 5.41 Å². The van der Waals surface area contributed by atoms with Gasteiger partial charge < -0.3 is 0 Å². The molecule has 0 saturated heterocycles. The maximum atomic E-state index is 5.35. The van der Waals surface area contributed by atoms with Gasteiger partial charge >= 0.3 is 0 Å². The highest BCUT2D eigenvalue weighted by Crippen LogP contribution is 2.63. The number of benzene rings is 19. The molecule has 0 fully saturated rings. The second-order valence-corrected chi connectivity index (χ2v) is 31.7. The van der Waals surface area contributed by atoms with Crippen molar-refractivity contribution < 1.29 is 0 Å². The van der Waals surface area contributed by atoms with Crippen LogP contribution in [0.25, 0.3) is 201 Å². The van der Waals surface area contributed by atoms with Crippen molar-refractivity contribution in [2.24, 2.45) is 0 Å². The van der Waals surface area contributed by atoms with Crippen LogP contribution in [-0.2, 0) is 5.41 Å². The Hall–Kier alpha value is -15.8. The Bertz CT molecular complexity index is 7320. The third kappa shape index (κ3) is 13.5. The maximum Gasteiger partial charge on any atom is 0.164 e. The number of hydrogen-bond donors (Lipinski definition) is 0. The van der Waals surface area contributed by atoms with Gasteiger partial charge in [-0.25, -0.2) is 15.0 Å². The molecule has 22 rings (SSSR count). The normalized spacial score (nSPS) is 12.0. The molecule has 0 unspecified atom stereocenters. The number of rotatable bonds is 16. The summed E-state index contributed by atoms with van der Waals surface area (Å²) in [7, 11) is 0. The Morgan fingerprint density at radius 1 is 0.107 bits per heavy atom. The molecule has 0 atom stereocenters. The molecule has 121 heavy (non-hydrogen) atoms. The van der Waals surface area contributed by atoms with Gasteiger partial charge in [-0.2, -0.15) is 0 Å². The second-order valence-electron chi connectivity index (χ2n) is 31.7. The van der Waals surface area contributed by atoms with E-state index in [1.807, 2.05) is 0 Å². The van der Waals surface area contributed by atoms with Crippen LogP contribution in [0, 0.1) is 0 Å². The highest BCUT2D eigenvalue weighted by molar-refractivity contribution is 5.97. The van der Waals surface area contributed by atoms with E-state index in [4.69, 9.17) is 15.0 Å². The molecule has 1 aromatic heterocycles. The molecule has 564 valence electrons. The summed E-state index contributed by atoms with van der Waals surface area (Å²) in [4.78, 5) is 16.0. The molecule has 0 bridgehead atoms. The highest BCUT2D eigenvalue weighted by Gasteiger charge is 2.51. The summed E-state index contributed by atoms with van der Waals surface area (Å²) in [5.74, 6) is 1.76. The van der Waals surface area contributed by atoms with E-state index in [-0.39, 0.29) is 0 Å². The molecule has 0 saturated carbocycles. The monoisotopic (exact) mass is 1540 g/mol. The quantitative estimate of drug-likeness (QED) is 0.0968. The van der Waals surface area contributed by atoms with E-state index < -0.39 is 5.41 Å². The molecule has 0 aliphatic heterocycles. The number of fused-ring (bicyclic) bond motifs is 10. The minimum Gasteiger partial charge on any atom is -0.208 e. The van der Waals surface area contributed by atoms with Crippen LogP contribution < -0.4 is 0 Å². The zero-order valence-corrected chi connectivity index (χ0v) is 66.3. The van der Waals surface area contributed by atoms with E-state index in [0.29, 0.717) is 17.5 Å². The van der Waals surface area contributed by atoms with Gasteiger partial charge in [0.1, 0.15) is 0 Å². The zero-order chi connectivity index (χ0) is 80.2. The third-order valence-corrected chi connectivity index (χ3v) is 24.5. The summed E-state index contributed by atoms with van der Waals surface area (Å²) in [5, 5.41) is 0. The van der Waals surface area contributed by atoms with Crippen molar-refractivity contribution in [1.82, 2.24) is 15.0 Å².